The monoisotopic (exact) mass is 368 g/mol. The maximum Gasteiger partial charge on any atom is 0.118 e. The third-order valence-electron chi connectivity index (χ3n) is 3.79. The van der Waals surface area contributed by atoms with Gasteiger partial charge in [-0.25, -0.2) is 0 Å². The topological polar surface area (TPSA) is 18.5 Å². The molecule has 0 aliphatic carbocycles. The van der Waals surface area contributed by atoms with E-state index in [1.165, 1.54) is 11.1 Å². The summed E-state index contributed by atoms with van der Waals surface area (Å²) >= 11 is 3.69. The number of hydrogen-bond acceptors (Lipinski definition) is 2. The van der Waals surface area contributed by atoms with Crippen molar-refractivity contribution in [2.75, 3.05) is 14.2 Å². The third-order valence-corrected chi connectivity index (χ3v) is 4.45. The summed E-state index contributed by atoms with van der Waals surface area (Å²) in [5.74, 6) is 1.71. The van der Waals surface area contributed by atoms with Gasteiger partial charge in [0, 0.05) is 10.0 Å². The maximum atomic E-state index is 5.25. The molecule has 23 heavy (non-hydrogen) atoms. The van der Waals surface area contributed by atoms with Gasteiger partial charge in [-0.1, -0.05) is 52.3 Å². The van der Waals surface area contributed by atoms with Crippen LogP contribution in [-0.4, -0.2) is 14.2 Å². The first-order valence-corrected chi connectivity index (χ1v) is 8.09. The molecule has 0 N–H and O–H groups in total. The average Bonchev–Trinajstić information content (AvgIpc) is 2.62. The molecule has 116 valence electrons. The highest BCUT2D eigenvalue weighted by Gasteiger charge is 2.11. The van der Waals surface area contributed by atoms with Crippen molar-refractivity contribution in [3.8, 4) is 33.8 Å². The SMILES string of the molecule is COc1ccc(-c2cccc(Br)c2-c2ccc(OC)cc2)cc1. The molecule has 3 rings (SSSR count). The van der Waals surface area contributed by atoms with Crippen LogP contribution in [0.2, 0.25) is 0 Å². The Balaban J connectivity index is 2.11. The standard InChI is InChI=1S/C20H17BrO2/c1-22-16-10-6-14(7-11-16)18-4-3-5-19(21)20(18)15-8-12-17(23-2)13-9-15/h3-13H,1-2H3. The minimum atomic E-state index is 0.854. The van der Waals surface area contributed by atoms with Crippen LogP contribution >= 0.6 is 15.9 Å². The first-order chi connectivity index (χ1) is 11.2. The smallest absolute Gasteiger partial charge is 0.118 e. The van der Waals surface area contributed by atoms with E-state index >= 15 is 0 Å². The Morgan fingerprint density at radius 2 is 1.17 bits per heavy atom. The van der Waals surface area contributed by atoms with Crippen LogP contribution in [0, 0.1) is 0 Å². The van der Waals surface area contributed by atoms with E-state index in [-0.39, 0.29) is 0 Å². The molecule has 3 aromatic rings. The Labute approximate surface area is 144 Å². The van der Waals surface area contributed by atoms with E-state index < -0.39 is 0 Å². The van der Waals surface area contributed by atoms with E-state index in [0.29, 0.717) is 0 Å². The van der Waals surface area contributed by atoms with Crippen LogP contribution in [0.25, 0.3) is 22.3 Å². The van der Waals surface area contributed by atoms with Crippen LogP contribution in [-0.2, 0) is 0 Å². The molecule has 2 nitrogen and oxygen atoms in total. The molecule has 0 radical (unpaired) electrons. The van der Waals surface area contributed by atoms with Crippen molar-refractivity contribution in [3.05, 3.63) is 71.2 Å². The Hall–Kier alpha value is -2.26. The molecule has 3 aromatic carbocycles. The van der Waals surface area contributed by atoms with Gasteiger partial charge >= 0.3 is 0 Å². The second-order valence-electron chi connectivity index (χ2n) is 5.12. The van der Waals surface area contributed by atoms with Gasteiger partial charge in [0.05, 0.1) is 14.2 Å². The van der Waals surface area contributed by atoms with Crippen LogP contribution in [0.5, 0.6) is 11.5 Å². The van der Waals surface area contributed by atoms with Crippen LogP contribution in [0.4, 0.5) is 0 Å². The zero-order chi connectivity index (χ0) is 16.2. The lowest BCUT2D eigenvalue weighted by atomic mass is 9.94. The second kappa shape index (κ2) is 6.88. The molecular formula is C20H17BrO2. The van der Waals surface area contributed by atoms with Crippen LogP contribution in [0.3, 0.4) is 0 Å². The largest absolute Gasteiger partial charge is 0.497 e. The van der Waals surface area contributed by atoms with Crippen molar-refractivity contribution >= 4 is 15.9 Å². The molecule has 0 aliphatic rings. The zero-order valence-corrected chi connectivity index (χ0v) is 14.6. The van der Waals surface area contributed by atoms with E-state index in [0.717, 1.165) is 27.1 Å². The Morgan fingerprint density at radius 1 is 0.652 bits per heavy atom. The van der Waals surface area contributed by atoms with Gasteiger partial charge in [-0.05, 0) is 47.0 Å². The van der Waals surface area contributed by atoms with Gasteiger partial charge < -0.3 is 9.47 Å². The first kappa shape index (κ1) is 15.6. The summed E-state index contributed by atoms with van der Waals surface area (Å²) in [4.78, 5) is 0. The summed E-state index contributed by atoms with van der Waals surface area (Å²) in [6.07, 6.45) is 0. The lowest BCUT2D eigenvalue weighted by Gasteiger charge is -2.13. The van der Waals surface area contributed by atoms with Crippen molar-refractivity contribution in [1.29, 1.82) is 0 Å². The summed E-state index contributed by atoms with van der Waals surface area (Å²) in [5.41, 5.74) is 4.63. The number of rotatable bonds is 4. The van der Waals surface area contributed by atoms with Gasteiger partial charge in [0.15, 0.2) is 0 Å². The predicted octanol–water partition coefficient (Wildman–Crippen LogP) is 5.80. The third kappa shape index (κ3) is 3.25. The molecule has 0 heterocycles. The highest BCUT2D eigenvalue weighted by molar-refractivity contribution is 9.10. The molecule has 0 atom stereocenters. The highest BCUT2D eigenvalue weighted by Crippen LogP contribution is 2.38. The Bertz CT molecular complexity index is 793. The summed E-state index contributed by atoms with van der Waals surface area (Å²) < 4.78 is 11.6. The fourth-order valence-electron chi connectivity index (χ4n) is 2.59. The zero-order valence-electron chi connectivity index (χ0n) is 13.0. The highest BCUT2D eigenvalue weighted by atomic mass is 79.9. The summed E-state index contributed by atoms with van der Waals surface area (Å²) in [5, 5.41) is 0. The molecule has 0 bridgehead atoms. The molecule has 3 heteroatoms. The fourth-order valence-corrected chi connectivity index (χ4v) is 3.18. The van der Waals surface area contributed by atoms with Gasteiger partial charge in [0.2, 0.25) is 0 Å². The van der Waals surface area contributed by atoms with Gasteiger partial charge in [0.1, 0.15) is 11.5 Å². The van der Waals surface area contributed by atoms with Crippen LogP contribution < -0.4 is 9.47 Å². The van der Waals surface area contributed by atoms with E-state index in [4.69, 9.17) is 9.47 Å². The molecule has 0 amide bonds. The first-order valence-electron chi connectivity index (χ1n) is 7.30. The van der Waals surface area contributed by atoms with Gasteiger partial charge in [0.25, 0.3) is 0 Å². The summed E-state index contributed by atoms with van der Waals surface area (Å²) in [6.45, 7) is 0. The van der Waals surface area contributed by atoms with Crippen LogP contribution in [0.15, 0.2) is 71.2 Å². The average molecular weight is 369 g/mol. The Morgan fingerprint density at radius 3 is 1.70 bits per heavy atom. The van der Waals surface area contributed by atoms with Gasteiger partial charge in [-0.2, -0.15) is 0 Å². The van der Waals surface area contributed by atoms with E-state index in [9.17, 15) is 0 Å². The molecular weight excluding hydrogens is 352 g/mol. The number of ether oxygens (including phenoxy) is 2. The minimum Gasteiger partial charge on any atom is -0.497 e. The quantitative estimate of drug-likeness (QED) is 0.579. The van der Waals surface area contributed by atoms with Crippen molar-refractivity contribution in [3.63, 3.8) is 0 Å². The molecule has 0 saturated heterocycles. The lowest BCUT2D eigenvalue weighted by molar-refractivity contribution is 0.414. The fraction of sp³-hybridized carbons (Fsp3) is 0.100. The minimum absolute atomic E-state index is 0.854. The lowest BCUT2D eigenvalue weighted by Crippen LogP contribution is -1.89. The van der Waals surface area contributed by atoms with E-state index in [1.54, 1.807) is 14.2 Å². The number of halogens is 1. The van der Waals surface area contributed by atoms with Crippen molar-refractivity contribution in [2.45, 2.75) is 0 Å². The number of benzene rings is 3. The van der Waals surface area contributed by atoms with Crippen LogP contribution in [0.1, 0.15) is 0 Å². The second-order valence-corrected chi connectivity index (χ2v) is 5.97. The van der Waals surface area contributed by atoms with Crippen molar-refractivity contribution in [2.24, 2.45) is 0 Å². The normalized spacial score (nSPS) is 10.4. The summed E-state index contributed by atoms with van der Waals surface area (Å²) in [7, 11) is 3.35. The predicted molar refractivity (Wildman–Crippen MR) is 98.1 cm³/mol. The molecule has 0 fully saturated rings. The molecule has 0 saturated carbocycles. The molecule has 0 unspecified atom stereocenters. The van der Waals surface area contributed by atoms with E-state index in [1.807, 2.05) is 24.3 Å². The Kier molecular flexibility index (Phi) is 4.68. The van der Waals surface area contributed by atoms with E-state index in [2.05, 4.69) is 58.4 Å². The molecule has 0 spiro atoms. The molecule has 0 aromatic heterocycles. The number of methoxy groups -OCH3 is 2. The van der Waals surface area contributed by atoms with Crippen molar-refractivity contribution < 1.29 is 9.47 Å². The van der Waals surface area contributed by atoms with Gasteiger partial charge in [-0.15, -0.1) is 0 Å². The van der Waals surface area contributed by atoms with Gasteiger partial charge in [-0.3, -0.25) is 0 Å². The molecule has 0 aliphatic heterocycles. The summed E-state index contributed by atoms with van der Waals surface area (Å²) in [6, 6.07) is 22.5. The van der Waals surface area contributed by atoms with Crippen molar-refractivity contribution in [1.82, 2.24) is 0 Å². The maximum absolute atomic E-state index is 5.25. The number of hydrogen-bond donors (Lipinski definition) is 0.